The summed E-state index contributed by atoms with van der Waals surface area (Å²) in [6, 6.07) is 12.8. The number of benzene rings is 2. The number of rotatable bonds is 10. The molecule has 0 saturated carbocycles. The zero-order chi connectivity index (χ0) is 23.0. The van der Waals surface area contributed by atoms with Crippen molar-refractivity contribution in [3.63, 3.8) is 0 Å². The van der Waals surface area contributed by atoms with E-state index < -0.39 is 6.04 Å². The molecule has 0 spiro atoms. The minimum absolute atomic E-state index is 0.0798. The third-order valence-corrected chi connectivity index (χ3v) is 6.34. The number of hydrogen-bond acceptors (Lipinski definition) is 3. The molecule has 2 amide bonds. The number of halogens is 2. The topological polar surface area (TPSA) is 49.4 Å². The molecule has 1 atom stereocenters. The first-order valence-corrected chi connectivity index (χ1v) is 12.2. The second-order valence-corrected chi connectivity index (χ2v) is 9.88. The van der Waals surface area contributed by atoms with Crippen molar-refractivity contribution >= 4 is 46.8 Å². The van der Waals surface area contributed by atoms with Crippen LogP contribution in [0.25, 0.3) is 0 Å². The van der Waals surface area contributed by atoms with Crippen molar-refractivity contribution in [2.45, 2.75) is 46.0 Å². The van der Waals surface area contributed by atoms with E-state index in [1.54, 1.807) is 24.0 Å². The van der Waals surface area contributed by atoms with Gasteiger partial charge in [0.1, 0.15) is 6.04 Å². The van der Waals surface area contributed by atoms with Crippen molar-refractivity contribution in [2.75, 3.05) is 12.3 Å². The van der Waals surface area contributed by atoms with Crippen LogP contribution in [-0.4, -0.2) is 35.1 Å². The van der Waals surface area contributed by atoms with Crippen LogP contribution in [0, 0.1) is 12.8 Å². The molecule has 2 aromatic rings. The Morgan fingerprint density at radius 1 is 1.10 bits per heavy atom. The van der Waals surface area contributed by atoms with E-state index in [0.29, 0.717) is 34.8 Å². The molecule has 1 unspecified atom stereocenters. The Morgan fingerprint density at radius 2 is 1.84 bits per heavy atom. The smallest absolute Gasteiger partial charge is 0.242 e. The van der Waals surface area contributed by atoms with Crippen LogP contribution in [-0.2, 0) is 21.9 Å². The number of nitrogens with one attached hydrogen (secondary N) is 1. The highest BCUT2D eigenvalue weighted by Crippen LogP contribution is 2.25. The Hall–Kier alpha value is -1.69. The van der Waals surface area contributed by atoms with Crippen molar-refractivity contribution < 1.29 is 9.59 Å². The lowest BCUT2D eigenvalue weighted by Crippen LogP contribution is -2.48. The Bertz CT molecular complexity index is 905. The number of carbonyl (C=O) groups excluding carboxylic acids is 2. The maximum atomic E-state index is 13.1. The molecule has 0 aliphatic rings. The Balaban J connectivity index is 2.08. The predicted octanol–water partition coefficient (Wildman–Crippen LogP) is 5.72. The summed E-state index contributed by atoms with van der Waals surface area (Å²) in [5.74, 6) is 0.974. The number of aryl methyl sites for hydroxylation is 1. The van der Waals surface area contributed by atoms with E-state index in [-0.39, 0.29) is 17.6 Å². The summed E-state index contributed by atoms with van der Waals surface area (Å²) in [7, 11) is 0. The van der Waals surface area contributed by atoms with E-state index in [1.807, 2.05) is 51.1 Å². The molecule has 0 aliphatic heterocycles. The SMILES string of the molecule is Cc1cccc(CN(C(=O)CSCc2ccc(Cl)cc2Cl)C(C)C(=O)NCC(C)C)c1. The van der Waals surface area contributed by atoms with Gasteiger partial charge in [-0.25, -0.2) is 0 Å². The summed E-state index contributed by atoms with van der Waals surface area (Å²) in [6.45, 7) is 8.85. The third-order valence-electron chi connectivity index (χ3n) is 4.79. The molecule has 4 nitrogen and oxygen atoms in total. The summed E-state index contributed by atoms with van der Waals surface area (Å²) in [6.07, 6.45) is 0. The number of hydrogen-bond donors (Lipinski definition) is 1. The lowest BCUT2D eigenvalue weighted by atomic mass is 10.1. The normalized spacial score (nSPS) is 12.0. The molecular weight excluding hydrogens is 451 g/mol. The van der Waals surface area contributed by atoms with E-state index in [0.717, 1.165) is 16.7 Å². The first kappa shape index (κ1) is 25.6. The second-order valence-electron chi connectivity index (χ2n) is 8.05. The number of nitrogens with zero attached hydrogens (tertiary/aromatic N) is 1. The fourth-order valence-electron chi connectivity index (χ4n) is 3.01. The Kier molecular flexibility index (Phi) is 10.2. The van der Waals surface area contributed by atoms with Crippen LogP contribution in [0.5, 0.6) is 0 Å². The molecule has 0 fully saturated rings. The van der Waals surface area contributed by atoms with Gasteiger partial charge in [-0.15, -0.1) is 11.8 Å². The van der Waals surface area contributed by atoms with Gasteiger partial charge in [0.15, 0.2) is 0 Å². The summed E-state index contributed by atoms with van der Waals surface area (Å²) < 4.78 is 0. The zero-order valence-electron chi connectivity index (χ0n) is 18.5. The van der Waals surface area contributed by atoms with E-state index >= 15 is 0 Å². The number of carbonyl (C=O) groups is 2. The molecule has 0 bridgehead atoms. The maximum Gasteiger partial charge on any atom is 0.242 e. The molecule has 0 aromatic heterocycles. The van der Waals surface area contributed by atoms with Gasteiger partial charge in [0, 0.05) is 28.9 Å². The molecule has 0 aliphatic carbocycles. The minimum Gasteiger partial charge on any atom is -0.354 e. The fraction of sp³-hybridized carbons (Fsp3) is 0.417. The highest BCUT2D eigenvalue weighted by atomic mass is 35.5. The van der Waals surface area contributed by atoms with Crippen molar-refractivity contribution in [2.24, 2.45) is 5.92 Å². The quantitative estimate of drug-likeness (QED) is 0.472. The average Bonchev–Trinajstić information content (AvgIpc) is 2.71. The fourth-order valence-corrected chi connectivity index (χ4v) is 4.48. The van der Waals surface area contributed by atoms with E-state index in [4.69, 9.17) is 23.2 Å². The van der Waals surface area contributed by atoms with Gasteiger partial charge in [-0.2, -0.15) is 0 Å². The van der Waals surface area contributed by atoms with Crippen LogP contribution in [0.15, 0.2) is 42.5 Å². The molecule has 1 N–H and O–H groups in total. The summed E-state index contributed by atoms with van der Waals surface area (Å²) in [5, 5.41) is 4.11. The Morgan fingerprint density at radius 3 is 2.48 bits per heavy atom. The van der Waals surface area contributed by atoms with Crippen LogP contribution >= 0.6 is 35.0 Å². The van der Waals surface area contributed by atoms with Crippen LogP contribution < -0.4 is 5.32 Å². The molecule has 7 heteroatoms. The van der Waals surface area contributed by atoms with Gasteiger partial charge in [0.05, 0.1) is 5.75 Å². The van der Waals surface area contributed by atoms with Gasteiger partial charge >= 0.3 is 0 Å². The second kappa shape index (κ2) is 12.4. The Labute approximate surface area is 199 Å². The monoisotopic (exact) mass is 480 g/mol. The first-order valence-electron chi connectivity index (χ1n) is 10.3. The van der Waals surface area contributed by atoms with Crippen LogP contribution in [0.2, 0.25) is 10.0 Å². The first-order chi connectivity index (χ1) is 14.7. The van der Waals surface area contributed by atoms with Crippen LogP contribution in [0.1, 0.15) is 37.5 Å². The average molecular weight is 481 g/mol. The highest BCUT2D eigenvalue weighted by Gasteiger charge is 2.26. The molecule has 2 rings (SSSR count). The molecule has 0 saturated heterocycles. The van der Waals surface area contributed by atoms with Gasteiger partial charge in [-0.05, 0) is 43.0 Å². The summed E-state index contributed by atoms with van der Waals surface area (Å²) >= 11 is 13.7. The van der Waals surface area contributed by atoms with Gasteiger partial charge in [-0.1, -0.05) is 72.9 Å². The number of thioether (sulfide) groups is 1. The lowest BCUT2D eigenvalue weighted by Gasteiger charge is -2.29. The largest absolute Gasteiger partial charge is 0.354 e. The van der Waals surface area contributed by atoms with Crippen molar-refractivity contribution in [1.29, 1.82) is 0 Å². The van der Waals surface area contributed by atoms with Crippen molar-refractivity contribution in [3.05, 3.63) is 69.2 Å². The minimum atomic E-state index is -0.563. The standard InChI is InChI=1S/C24H30Cl2N2O2S/c1-16(2)12-27-24(30)18(4)28(13-19-7-5-6-17(3)10-19)23(29)15-31-14-20-8-9-21(25)11-22(20)26/h5-11,16,18H,12-15H2,1-4H3,(H,27,30). The molecular formula is C24H30Cl2N2O2S. The highest BCUT2D eigenvalue weighted by molar-refractivity contribution is 7.99. The van der Waals surface area contributed by atoms with Gasteiger partial charge in [-0.3, -0.25) is 9.59 Å². The van der Waals surface area contributed by atoms with Crippen molar-refractivity contribution in [3.8, 4) is 0 Å². The molecule has 2 aromatic carbocycles. The zero-order valence-corrected chi connectivity index (χ0v) is 20.8. The van der Waals surface area contributed by atoms with Crippen molar-refractivity contribution in [1.82, 2.24) is 10.2 Å². The number of amides is 2. The molecule has 0 radical (unpaired) electrons. The lowest BCUT2D eigenvalue weighted by molar-refractivity contribution is -0.138. The summed E-state index contributed by atoms with van der Waals surface area (Å²) in [5.41, 5.74) is 3.05. The van der Waals surface area contributed by atoms with Gasteiger partial charge < -0.3 is 10.2 Å². The summed E-state index contributed by atoms with van der Waals surface area (Å²) in [4.78, 5) is 27.5. The molecule has 0 heterocycles. The van der Waals surface area contributed by atoms with Crippen LogP contribution in [0.3, 0.4) is 0 Å². The van der Waals surface area contributed by atoms with E-state index in [9.17, 15) is 9.59 Å². The van der Waals surface area contributed by atoms with Gasteiger partial charge in [0.2, 0.25) is 11.8 Å². The van der Waals surface area contributed by atoms with E-state index in [2.05, 4.69) is 5.32 Å². The van der Waals surface area contributed by atoms with Crippen LogP contribution in [0.4, 0.5) is 0 Å². The van der Waals surface area contributed by atoms with Gasteiger partial charge in [0.25, 0.3) is 0 Å². The molecule has 168 valence electrons. The molecule has 31 heavy (non-hydrogen) atoms. The third kappa shape index (κ3) is 8.40. The predicted molar refractivity (Wildman–Crippen MR) is 132 cm³/mol. The van der Waals surface area contributed by atoms with E-state index in [1.165, 1.54) is 11.8 Å². The maximum absolute atomic E-state index is 13.1.